The minimum absolute atomic E-state index is 0.111. The van der Waals surface area contributed by atoms with E-state index in [1.54, 1.807) is 24.4 Å². The van der Waals surface area contributed by atoms with Gasteiger partial charge in [-0.15, -0.1) is 0 Å². The van der Waals surface area contributed by atoms with Crippen molar-refractivity contribution in [2.45, 2.75) is 12.5 Å². The van der Waals surface area contributed by atoms with Crippen LogP contribution in [0.3, 0.4) is 0 Å². The van der Waals surface area contributed by atoms with Crippen LogP contribution in [0.15, 0.2) is 53.8 Å². The zero-order valence-electron chi connectivity index (χ0n) is 12.0. The van der Waals surface area contributed by atoms with Crippen molar-refractivity contribution < 1.29 is 9.59 Å². The summed E-state index contributed by atoms with van der Waals surface area (Å²) in [4.78, 5) is 32.3. The van der Waals surface area contributed by atoms with Gasteiger partial charge >= 0.3 is 0 Å². The zero-order chi connectivity index (χ0) is 16.2. The smallest absolute Gasteiger partial charge is 0.259 e. The molecular formula is C16H13ClN4O2. The van der Waals surface area contributed by atoms with Gasteiger partial charge in [0.15, 0.2) is 0 Å². The Morgan fingerprint density at radius 2 is 2.09 bits per heavy atom. The molecule has 2 heterocycles. The maximum Gasteiger partial charge on any atom is 0.259 e. The molecule has 3 rings (SSSR count). The van der Waals surface area contributed by atoms with Crippen molar-refractivity contribution in [1.82, 2.24) is 15.6 Å². The van der Waals surface area contributed by atoms with Crippen LogP contribution in [-0.4, -0.2) is 22.8 Å². The fourth-order valence-electron chi connectivity index (χ4n) is 2.26. The maximum atomic E-state index is 12.1. The minimum Gasteiger partial charge on any atom is -0.296 e. The number of benzene rings is 1. The van der Waals surface area contributed by atoms with Gasteiger partial charge in [0.05, 0.1) is 18.0 Å². The highest BCUT2D eigenvalue weighted by Crippen LogP contribution is 2.29. The van der Waals surface area contributed by atoms with E-state index in [0.717, 1.165) is 5.56 Å². The fraction of sp³-hybridized carbons (Fsp3) is 0.125. The number of hydrogen-bond donors (Lipinski definition) is 2. The van der Waals surface area contributed by atoms with E-state index in [1.165, 1.54) is 6.20 Å². The number of amides is 2. The lowest BCUT2D eigenvalue weighted by Crippen LogP contribution is -2.47. The van der Waals surface area contributed by atoms with Crippen molar-refractivity contribution in [3.63, 3.8) is 0 Å². The van der Waals surface area contributed by atoms with Crippen molar-refractivity contribution in [3.05, 3.63) is 64.9 Å². The van der Waals surface area contributed by atoms with Gasteiger partial charge in [-0.1, -0.05) is 29.8 Å². The summed E-state index contributed by atoms with van der Waals surface area (Å²) in [7, 11) is 0. The van der Waals surface area contributed by atoms with E-state index in [0.29, 0.717) is 10.6 Å². The van der Waals surface area contributed by atoms with Crippen LogP contribution >= 0.6 is 11.6 Å². The summed E-state index contributed by atoms with van der Waals surface area (Å²) in [6.07, 6.45) is 3.19. The number of carbonyl (C=O) groups excluding carboxylic acids is 2. The Morgan fingerprint density at radius 3 is 2.83 bits per heavy atom. The molecule has 0 saturated carbocycles. The van der Waals surface area contributed by atoms with Gasteiger partial charge in [-0.3, -0.25) is 25.2 Å². The van der Waals surface area contributed by atoms with E-state index in [9.17, 15) is 9.59 Å². The van der Waals surface area contributed by atoms with Gasteiger partial charge in [-0.05, 0) is 23.8 Å². The molecule has 1 unspecified atom stereocenters. The highest BCUT2D eigenvalue weighted by molar-refractivity contribution is 6.31. The summed E-state index contributed by atoms with van der Waals surface area (Å²) >= 11 is 6.16. The van der Waals surface area contributed by atoms with Crippen LogP contribution in [0.2, 0.25) is 5.02 Å². The van der Waals surface area contributed by atoms with E-state index >= 15 is 0 Å². The van der Waals surface area contributed by atoms with Gasteiger partial charge in [-0.2, -0.15) is 0 Å². The molecule has 7 heteroatoms. The molecular weight excluding hydrogens is 316 g/mol. The number of carbonyl (C=O) groups is 2. The Bertz CT molecular complexity index is 777. The summed E-state index contributed by atoms with van der Waals surface area (Å²) in [5.74, 6) is -0.511. The van der Waals surface area contributed by atoms with Crippen molar-refractivity contribution in [2.24, 2.45) is 4.99 Å². The van der Waals surface area contributed by atoms with E-state index in [1.807, 2.05) is 18.2 Å². The first-order valence-electron chi connectivity index (χ1n) is 6.97. The average molecular weight is 329 g/mol. The van der Waals surface area contributed by atoms with Crippen molar-refractivity contribution in [2.75, 3.05) is 0 Å². The average Bonchev–Trinajstić information content (AvgIpc) is 2.55. The number of halogens is 1. The number of nitrogens with one attached hydrogen (secondary N) is 2. The lowest BCUT2D eigenvalue weighted by atomic mass is 10.0. The molecule has 1 aromatic carbocycles. The van der Waals surface area contributed by atoms with Gasteiger partial charge in [0, 0.05) is 17.4 Å². The summed E-state index contributed by atoms with van der Waals surface area (Å²) in [6, 6.07) is 10.0. The SMILES string of the molecule is O=C1CC(c2ccccc2Cl)N=C(NC(=O)c2cccnc2)N1. The highest BCUT2D eigenvalue weighted by atomic mass is 35.5. The molecule has 1 aromatic heterocycles. The van der Waals surface area contributed by atoms with Crippen LogP contribution in [0.25, 0.3) is 0 Å². The largest absolute Gasteiger partial charge is 0.296 e. The van der Waals surface area contributed by atoms with Crippen molar-refractivity contribution >= 4 is 29.4 Å². The highest BCUT2D eigenvalue weighted by Gasteiger charge is 2.25. The molecule has 1 aliphatic heterocycles. The molecule has 2 aromatic rings. The standard InChI is InChI=1S/C16H13ClN4O2/c17-12-6-2-1-5-11(12)13-8-14(22)20-16(19-13)21-15(23)10-4-3-7-18-9-10/h1-7,9,13H,8H2,(H2,19,20,21,22,23). The zero-order valence-corrected chi connectivity index (χ0v) is 12.7. The van der Waals surface area contributed by atoms with E-state index in [2.05, 4.69) is 20.6 Å². The predicted molar refractivity (Wildman–Crippen MR) is 86.1 cm³/mol. The number of pyridine rings is 1. The Morgan fingerprint density at radius 1 is 1.26 bits per heavy atom. The summed E-state index contributed by atoms with van der Waals surface area (Å²) < 4.78 is 0. The molecule has 23 heavy (non-hydrogen) atoms. The first kappa shape index (κ1) is 15.2. The monoisotopic (exact) mass is 328 g/mol. The van der Waals surface area contributed by atoms with Gasteiger partial charge < -0.3 is 0 Å². The Hall–Kier alpha value is -2.73. The summed E-state index contributed by atoms with van der Waals surface area (Å²) in [6.45, 7) is 0. The lowest BCUT2D eigenvalue weighted by Gasteiger charge is -2.22. The van der Waals surface area contributed by atoms with Crippen LogP contribution in [0.5, 0.6) is 0 Å². The lowest BCUT2D eigenvalue weighted by molar-refractivity contribution is -0.120. The van der Waals surface area contributed by atoms with E-state index in [4.69, 9.17) is 11.6 Å². The molecule has 6 nitrogen and oxygen atoms in total. The maximum absolute atomic E-state index is 12.1. The minimum atomic E-state index is -0.429. The van der Waals surface area contributed by atoms with Gasteiger partial charge in [0.1, 0.15) is 0 Å². The first-order valence-corrected chi connectivity index (χ1v) is 7.35. The topological polar surface area (TPSA) is 83.5 Å². The fourth-order valence-corrected chi connectivity index (χ4v) is 2.52. The van der Waals surface area contributed by atoms with Crippen LogP contribution in [-0.2, 0) is 4.79 Å². The Kier molecular flexibility index (Phi) is 4.34. The molecule has 0 radical (unpaired) electrons. The molecule has 0 fully saturated rings. The molecule has 2 amide bonds. The quantitative estimate of drug-likeness (QED) is 0.885. The van der Waals surface area contributed by atoms with Crippen LogP contribution in [0.4, 0.5) is 0 Å². The Labute approximate surface area is 137 Å². The molecule has 0 bridgehead atoms. The number of guanidine groups is 1. The number of aliphatic imine (C=N–C) groups is 1. The van der Waals surface area contributed by atoms with E-state index < -0.39 is 11.9 Å². The normalized spacial score (nSPS) is 17.2. The van der Waals surface area contributed by atoms with Crippen LogP contribution in [0.1, 0.15) is 28.4 Å². The molecule has 1 atom stereocenters. The Balaban J connectivity index is 1.83. The summed E-state index contributed by atoms with van der Waals surface area (Å²) in [5.41, 5.74) is 1.13. The molecule has 2 N–H and O–H groups in total. The van der Waals surface area contributed by atoms with Crippen LogP contribution < -0.4 is 10.6 Å². The third-order valence-electron chi connectivity index (χ3n) is 3.34. The molecule has 1 aliphatic rings. The molecule has 0 saturated heterocycles. The predicted octanol–water partition coefficient (Wildman–Crippen LogP) is 2.08. The molecule has 0 aliphatic carbocycles. The third-order valence-corrected chi connectivity index (χ3v) is 3.69. The summed E-state index contributed by atoms with van der Waals surface area (Å²) in [5, 5.41) is 5.67. The number of hydrogen-bond acceptors (Lipinski definition) is 4. The van der Waals surface area contributed by atoms with Crippen molar-refractivity contribution in [1.29, 1.82) is 0 Å². The second-order valence-corrected chi connectivity index (χ2v) is 5.37. The number of aromatic nitrogens is 1. The first-order chi connectivity index (χ1) is 11.1. The molecule has 116 valence electrons. The van der Waals surface area contributed by atoms with Crippen LogP contribution in [0, 0.1) is 0 Å². The number of rotatable bonds is 2. The van der Waals surface area contributed by atoms with Gasteiger partial charge in [0.25, 0.3) is 5.91 Å². The van der Waals surface area contributed by atoms with Crippen molar-refractivity contribution in [3.8, 4) is 0 Å². The second kappa shape index (κ2) is 6.58. The molecule has 0 spiro atoms. The van der Waals surface area contributed by atoms with Gasteiger partial charge in [-0.25, -0.2) is 4.99 Å². The number of nitrogens with zero attached hydrogens (tertiary/aromatic N) is 2. The third kappa shape index (κ3) is 3.54. The second-order valence-electron chi connectivity index (χ2n) is 4.96. The van der Waals surface area contributed by atoms with Gasteiger partial charge in [0.2, 0.25) is 11.9 Å². The van der Waals surface area contributed by atoms with E-state index in [-0.39, 0.29) is 18.3 Å².